The van der Waals surface area contributed by atoms with Crippen molar-refractivity contribution >= 4 is 10.9 Å². The molecule has 34 heavy (non-hydrogen) atoms. The highest BCUT2D eigenvalue weighted by Crippen LogP contribution is 2.27. The van der Waals surface area contributed by atoms with E-state index in [9.17, 15) is 9.90 Å². The molecule has 0 aliphatic rings. The van der Waals surface area contributed by atoms with E-state index < -0.39 is 0 Å². The van der Waals surface area contributed by atoms with Crippen molar-refractivity contribution in [1.29, 1.82) is 0 Å². The van der Waals surface area contributed by atoms with Crippen molar-refractivity contribution in [2.45, 2.75) is 59.2 Å². The Hall–Kier alpha value is -3.30. The van der Waals surface area contributed by atoms with Crippen LogP contribution in [0.2, 0.25) is 0 Å². The largest absolute Gasteiger partial charge is 0.467 e. The topological polar surface area (TPSA) is 113 Å². The number of aryl methyl sites for hydroxylation is 2. The molecule has 1 aromatic carbocycles. The third-order valence-corrected chi connectivity index (χ3v) is 6.26. The van der Waals surface area contributed by atoms with Gasteiger partial charge in [0.25, 0.3) is 5.56 Å². The third-order valence-electron chi connectivity index (χ3n) is 6.26. The van der Waals surface area contributed by atoms with E-state index in [2.05, 4.69) is 45.3 Å². The average molecular weight is 465 g/mol. The fourth-order valence-electron chi connectivity index (χ4n) is 4.34. The number of rotatable bonds is 11. The summed E-state index contributed by atoms with van der Waals surface area (Å²) in [5, 5.41) is 23.0. The zero-order valence-corrected chi connectivity index (χ0v) is 20.0. The highest BCUT2D eigenvalue weighted by molar-refractivity contribution is 5.80. The van der Waals surface area contributed by atoms with Gasteiger partial charge >= 0.3 is 0 Å². The summed E-state index contributed by atoms with van der Waals surface area (Å²) in [6, 6.07) is 9.71. The van der Waals surface area contributed by atoms with E-state index in [1.807, 2.05) is 31.2 Å². The molecule has 0 spiro atoms. The standard InChI is InChI=1S/C25H32N6O3/c1-4-7-23(24-27-28-29-31(24)16-21-8-5-11-34-21)30(9-6-10-32)15-20-14-19-12-17(2)18(3)13-22(19)26-25(20)33/h5,8,11-14,23,32H,4,6-7,9-10,15-16H2,1-3H3,(H,26,33). The van der Waals surface area contributed by atoms with E-state index >= 15 is 0 Å². The van der Waals surface area contributed by atoms with Crippen LogP contribution in [-0.2, 0) is 13.1 Å². The van der Waals surface area contributed by atoms with E-state index in [0.717, 1.165) is 40.9 Å². The summed E-state index contributed by atoms with van der Waals surface area (Å²) in [5.41, 5.74) is 3.75. The summed E-state index contributed by atoms with van der Waals surface area (Å²) in [7, 11) is 0. The van der Waals surface area contributed by atoms with Crippen LogP contribution in [0.4, 0.5) is 0 Å². The van der Waals surface area contributed by atoms with Gasteiger partial charge in [-0.05, 0) is 84.0 Å². The number of hydrogen-bond donors (Lipinski definition) is 2. The molecule has 0 radical (unpaired) electrons. The molecule has 9 nitrogen and oxygen atoms in total. The number of tetrazole rings is 1. The minimum Gasteiger partial charge on any atom is -0.467 e. The van der Waals surface area contributed by atoms with Gasteiger partial charge in [-0.1, -0.05) is 13.3 Å². The van der Waals surface area contributed by atoms with Gasteiger partial charge in [0.2, 0.25) is 0 Å². The van der Waals surface area contributed by atoms with E-state index in [1.165, 1.54) is 5.56 Å². The first-order valence-electron chi connectivity index (χ1n) is 11.8. The Morgan fingerprint density at radius 3 is 2.79 bits per heavy atom. The maximum absolute atomic E-state index is 13.0. The first-order valence-corrected chi connectivity index (χ1v) is 11.8. The normalized spacial score (nSPS) is 12.6. The molecule has 0 fully saturated rings. The lowest BCUT2D eigenvalue weighted by atomic mass is 10.0. The number of pyridine rings is 1. The maximum Gasteiger partial charge on any atom is 0.252 e. The molecule has 2 N–H and O–H groups in total. The van der Waals surface area contributed by atoms with Crippen LogP contribution in [0, 0.1) is 13.8 Å². The van der Waals surface area contributed by atoms with Gasteiger partial charge in [-0.3, -0.25) is 9.69 Å². The van der Waals surface area contributed by atoms with Crippen LogP contribution in [0.1, 0.15) is 60.5 Å². The molecule has 9 heteroatoms. The van der Waals surface area contributed by atoms with Crippen LogP contribution >= 0.6 is 0 Å². The number of aliphatic hydroxyl groups excluding tert-OH is 1. The number of aromatic nitrogens is 5. The van der Waals surface area contributed by atoms with E-state index in [-0.39, 0.29) is 18.2 Å². The molecule has 1 atom stereocenters. The second-order valence-electron chi connectivity index (χ2n) is 8.77. The molecule has 3 heterocycles. The maximum atomic E-state index is 13.0. The molecule has 4 rings (SSSR count). The van der Waals surface area contributed by atoms with Gasteiger partial charge in [0.1, 0.15) is 12.3 Å². The Morgan fingerprint density at radius 1 is 1.24 bits per heavy atom. The van der Waals surface area contributed by atoms with E-state index in [0.29, 0.717) is 31.6 Å². The summed E-state index contributed by atoms with van der Waals surface area (Å²) in [4.78, 5) is 18.2. The van der Waals surface area contributed by atoms with Crippen molar-refractivity contribution in [3.63, 3.8) is 0 Å². The van der Waals surface area contributed by atoms with Crippen LogP contribution in [0.5, 0.6) is 0 Å². The number of fused-ring (bicyclic) bond motifs is 1. The Balaban J connectivity index is 1.69. The first-order chi connectivity index (χ1) is 16.5. The van der Waals surface area contributed by atoms with Crippen molar-refractivity contribution in [3.05, 3.63) is 75.2 Å². The number of nitrogens with zero attached hydrogens (tertiary/aromatic N) is 5. The zero-order chi connectivity index (χ0) is 24.1. The second-order valence-corrected chi connectivity index (χ2v) is 8.77. The molecule has 1 unspecified atom stereocenters. The highest BCUT2D eigenvalue weighted by Gasteiger charge is 2.26. The van der Waals surface area contributed by atoms with Crippen LogP contribution in [0.15, 0.2) is 45.8 Å². The fraction of sp³-hybridized carbons (Fsp3) is 0.440. The van der Waals surface area contributed by atoms with Crippen molar-refractivity contribution < 1.29 is 9.52 Å². The zero-order valence-electron chi connectivity index (χ0n) is 20.0. The average Bonchev–Trinajstić information content (AvgIpc) is 3.49. The molecule has 0 saturated heterocycles. The van der Waals surface area contributed by atoms with Gasteiger partial charge in [-0.2, -0.15) is 0 Å². The van der Waals surface area contributed by atoms with E-state index in [1.54, 1.807) is 10.9 Å². The molecule has 0 saturated carbocycles. The molecule has 4 aromatic rings. The number of aliphatic hydroxyl groups is 1. The number of benzene rings is 1. The predicted molar refractivity (Wildman–Crippen MR) is 129 cm³/mol. The lowest BCUT2D eigenvalue weighted by Crippen LogP contribution is -2.34. The van der Waals surface area contributed by atoms with Gasteiger partial charge in [-0.15, -0.1) is 5.10 Å². The number of aromatic amines is 1. The van der Waals surface area contributed by atoms with Crippen molar-refractivity contribution in [2.24, 2.45) is 0 Å². The first kappa shape index (κ1) is 23.8. The quantitative estimate of drug-likeness (QED) is 0.349. The monoisotopic (exact) mass is 464 g/mol. The summed E-state index contributed by atoms with van der Waals surface area (Å²) < 4.78 is 7.24. The molecule has 0 aliphatic heterocycles. The Labute approximate surface area is 198 Å². The van der Waals surface area contributed by atoms with Crippen molar-refractivity contribution in [1.82, 2.24) is 30.1 Å². The van der Waals surface area contributed by atoms with Crippen molar-refractivity contribution in [3.8, 4) is 0 Å². The summed E-state index contributed by atoms with van der Waals surface area (Å²) in [6.07, 6.45) is 3.95. The van der Waals surface area contributed by atoms with Gasteiger partial charge < -0.3 is 14.5 Å². The Kier molecular flexibility index (Phi) is 7.54. The summed E-state index contributed by atoms with van der Waals surface area (Å²) in [5.74, 6) is 1.49. The van der Waals surface area contributed by atoms with Gasteiger partial charge in [-0.25, -0.2) is 4.68 Å². The molecular weight excluding hydrogens is 432 g/mol. The molecule has 0 amide bonds. The Morgan fingerprint density at radius 2 is 2.06 bits per heavy atom. The van der Waals surface area contributed by atoms with Gasteiger partial charge in [0.05, 0.1) is 12.3 Å². The fourth-order valence-corrected chi connectivity index (χ4v) is 4.34. The number of H-pyrrole nitrogens is 1. The van der Waals surface area contributed by atoms with Crippen LogP contribution in [0.25, 0.3) is 10.9 Å². The second kappa shape index (κ2) is 10.8. The van der Waals surface area contributed by atoms with E-state index in [4.69, 9.17) is 4.42 Å². The number of hydrogen-bond acceptors (Lipinski definition) is 7. The number of furan rings is 1. The molecular formula is C25H32N6O3. The summed E-state index contributed by atoms with van der Waals surface area (Å²) in [6.45, 7) is 7.77. The van der Waals surface area contributed by atoms with Crippen LogP contribution < -0.4 is 5.56 Å². The van der Waals surface area contributed by atoms with Crippen LogP contribution in [0.3, 0.4) is 0 Å². The Bertz CT molecular complexity index is 1280. The SMILES string of the molecule is CCCC(c1nnnn1Cc1ccco1)N(CCCO)Cc1cc2cc(C)c(C)cc2[nH]c1=O. The lowest BCUT2D eigenvalue weighted by Gasteiger charge is -2.30. The molecule has 0 bridgehead atoms. The summed E-state index contributed by atoms with van der Waals surface area (Å²) >= 11 is 0. The number of nitrogens with one attached hydrogen (secondary N) is 1. The smallest absolute Gasteiger partial charge is 0.252 e. The minimum absolute atomic E-state index is 0.0687. The molecule has 3 aromatic heterocycles. The third kappa shape index (κ3) is 5.26. The van der Waals surface area contributed by atoms with Crippen molar-refractivity contribution in [2.75, 3.05) is 13.2 Å². The van der Waals surface area contributed by atoms with Gasteiger partial charge in [0, 0.05) is 30.8 Å². The molecule has 0 aliphatic carbocycles. The lowest BCUT2D eigenvalue weighted by molar-refractivity contribution is 0.147. The van der Waals surface area contributed by atoms with Gasteiger partial charge in [0.15, 0.2) is 5.82 Å². The highest BCUT2D eigenvalue weighted by atomic mass is 16.3. The molecule has 180 valence electrons. The predicted octanol–water partition coefficient (Wildman–Crippen LogP) is 3.50. The minimum atomic E-state index is -0.114. The van der Waals surface area contributed by atoms with Crippen LogP contribution in [-0.4, -0.2) is 48.3 Å².